The number of anilines is 1. The van der Waals surface area contributed by atoms with Gasteiger partial charge in [0, 0.05) is 12.1 Å². The van der Waals surface area contributed by atoms with E-state index in [1.54, 1.807) is 41.9 Å². The van der Waals surface area contributed by atoms with Crippen molar-refractivity contribution in [1.29, 1.82) is 0 Å². The van der Waals surface area contributed by atoms with Crippen LogP contribution >= 0.6 is 0 Å². The van der Waals surface area contributed by atoms with Gasteiger partial charge in [-0.2, -0.15) is 0 Å². The first-order chi connectivity index (χ1) is 10.6. The molecule has 3 aromatic rings. The second-order valence-electron chi connectivity index (χ2n) is 5.05. The molecule has 0 saturated carbocycles. The van der Waals surface area contributed by atoms with Crippen molar-refractivity contribution in [1.82, 2.24) is 15.0 Å². The van der Waals surface area contributed by atoms with Crippen LogP contribution in [0.15, 0.2) is 36.4 Å². The van der Waals surface area contributed by atoms with E-state index in [4.69, 9.17) is 0 Å². The van der Waals surface area contributed by atoms with Crippen LogP contribution in [-0.4, -0.2) is 20.9 Å². The first-order valence-electron chi connectivity index (χ1n) is 6.99. The molecule has 1 N–H and O–H groups in total. The summed E-state index contributed by atoms with van der Waals surface area (Å²) in [7, 11) is 0. The number of aryl methyl sites for hydroxylation is 2. The van der Waals surface area contributed by atoms with Crippen molar-refractivity contribution in [3.05, 3.63) is 53.3 Å². The minimum atomic E-state index is -0.452. The van der Waals surface area contributed by atoms with Crippen molar-refractivity contribution in [3.8, 4) is 0 Å². The van der Waals surface area contributed by atoms with E-state index in [0.29, 0.717) is 17.6 Å². The summed E-state index contributed by atoms with van der Waals surface area (Å²) in [4.78, 5) is 12.2. The Labute approximate surface area is 126 Å². The van der Waals surface area contributed by atoms with Crippen LogP contribution in [0.3, 0.4) is 0 Å². The third-order valence-corrected chi connectivity index (χ3v) is 3.45. The summed E-state index contributed by atoms with van der Waals surface area (Å²) in [6.45, 7) is 4.46. The highest BCUT2D eigenvalue weighted by atomic mass is 19.1. The molecule has 0 fully saturated rings. The Kier molecular flexibility index (Phi) is 3.58. The molecule has 0 bridgehead atoms. The quantitative estimate of drug-likeness (QED) is 0.808. The molecule has 0 aliphatic carbocycles. The van der Waals surface area contributed by atoms with Gasteiger partial charge in [-0.15, -0.1) is 5.10 Å². The molecule has 0 unspecified atom stereocenters. The van der Waals surface area contributed by atoms with Crippen molar-refractivity contribution >= 4 is 22.6 Å². The van der Waals surface area contributed by atoms with E-state index in [9.17, 15) is 9.18 Å². The summed E-state index contributed by atoms with van der Waals surface area (Å²) in [5.41, 5.74) is 2.87. The van der Waals surface area contributed by atoms with Crippen LogP contribution in [0.5, 0.6) is 0 Å². The summed E-state index contributed by atoms with van der Waals surface area (Å²) in [5, 5.41) is 10.6. The molecular weight excluding hydrogens is 283 g/mol. The Morgan fingerprint density at radius 2 is 2.09 bits per heavy atom. The number of nitrogens with one attached hydrogen (secondary N) is 1. The summed E-state index contributed by atoms with van der Waals surface area (Å²) in [6, 6.07) is 9.79. The van der Waals surface area contributed by atoms with E-state index in [1.807, 2.05) is 6.92 Å². The molecule has 3 rings (SSSR count). The van der Waals surface area contributed by atoms with Crippen molar-refractivity contribution in [2.45, 2.75) is 20.4 Å². The van der Waals surface area contributed by atoms with Crippen LogP contribution in [-0.2, 0) is 6.54 Å². The van der Waals surface area contributed by atoms with Crippen molar-refractivity contribution in [2.24, 2.45) is 0 Å². The number of hydrogen-bond acceptors (Lipinski definition) is 3. The first-order valence-corrected chi connectivity index (χ1v) is 6.99. The van der Waals surface area contributed by atoms with Gasteiger partial charge >= 0.3 is 0 Å². The lowest BCUT2D eigenvalue weighted by Gasteiger charge is -2.07. The number of benzene rings is 2. The highest BCUT2D eigenvalue weighted by molar-refractivity contribution is 6.05. The van der Waals surface area contributed by atoms with Gasteiger partial charge < -0.3 is 5.32 Å². The highest BCUT2D eigenvalue weighted by Gasteiger charge is 2.12. The van der Waals surface area contributed by atoms with Crippen LogP contribution in [0.4, 0.5) is 10.1 Å². The summed E-state index contributed by atoms with van der Waals surface area (Å²) in [5.74, 6) is -0.831. The normalized spacial score (nSPS) is 10.9. The van der Waals surface area contributed by atoms with Crippen molar-refractivity contribution < 1.29 is 9.18 Å². The molecule has 0 spiro atoms. The van der Waals surface area contributed by atoms with Crippen LogP contribution < -0.4 is 5.32 Å². The first kappa shape index (κ1) is 14.2. The average Bonchev–Trinajstić information content (AvgIpc) is 2.92. The Morgan fingerprint density at radius 1 is 1.27 bits per heavy atom. The Morgan fingerprint density at radius 3 is 2.82 bits per heavy atom. The number of amides is 1. The molecular formula is C16H15FN4O. The third kappa shape index (κ3) is 2.55. The zero-order valence-electron chi connectivity index (χ0n) is 12.3. The van der Waals surface area contributed by atoms with Gasteiger partial charge in [-0.05, 0) is 49.7 Å². The maximum atomic E-state index is 13.8. The van der Waals surface area contributed by atoms with Gasteiger partial charge in [0.1, 0.15) is 11.3 Å². The van der Waals surface area contributed by atoms with Gasteiger partial charge in [-0.1, -0.05) is 11.3 Å². The summed E-state index contributed by atoms with van der Waals surface area (Å²) in [6.07, 6.45) is 0. The van der Waals surface area contributed by atoms with Crippen molar-refractivity contribution in [2.75, 3.05) is 5.32 Å². The van der Waals surface area contributed by atoms with Gasteiger partial charge in [0.2, 0.25) is 0 Å². The summed E-state index contributed by atoms with van der Waals surface area (Å²) < 4.78 is 15.5. The fraction of sp³-hybridized carbons (Fsp3) is 0.188. The van der Waals surface area contributed by atoms with E-state index < -0.39 is 5.82 Å². The number of fused-ring (bicyclic) bond motifs is 1. The number of hydrogen-bond donors (Lipinski definition) is 1. The van der Waals surface area contributed by atoms with Gasteiger partial charge in [0.05, 0.1) is 11.2 Å². The predicted octanol–water partition coefficient (Wildman–Crippen LogP) is 3.15. The molecule has 22 heavy (non-hydrogen) atoms. The largest absolute Gasteiger partial charge is 0.319 e. The fourth-order valence-corrected chi connectivity index (χ4v) is 2.26. The smallest absolute Gasteiger partial charge is 0.255 e. The highest BCUT2D eigenvalue weighted by Crippen LogP contribution is 2.18. The monoisotopic (exact) mass is 298 g/mol. The Balaban J connectivity index is 1.88. The van der Waals surface area contributed by atoms with E-state index in [2.05, 4.69) is 15.6 Å². The molecule has 2 aromatic carbocycles. The Hall–Kier alpha value is -2.76. The lowest BCUT2D eigenvalue weighted by Crippen LogP contribution is -2.13. The van der Waals surface area contributed by atoms with Crippen LogP contribution in [0.25, 0.3) is 11.0 Å². The fourth-order valence-electron chi connectivity index (χ4n) is 2.26. The van der Waals surface area contributed by atoms with Gasteiger partial charge in [0.15, 0.2) is 0 Å². The molecule has 1 amide bonds. The molecule has 0 aliphatic rings. The minimum absolute atomic E-state index is 0.160. The predicted molar refractivity (Wildman–Crippen MR) is 82.3 cm³/mol. The van der Waals surface area contributed by atoms with Crippen LogP contribution in [0, 0.1) is 12.7 Å². The van der Waals surface area contributed by atoms with E-state index in [0.717, 1.165) is 11.1 Å². The van der Waals surface area contributed by atoms with Gasteiger partial charge in [-0.25, -0.2) is 9.07 Å². The Bertz CT molecular complexity index is 856. The van der Waals surface area contributed by atoms with Crippen LogP contribution in [0.1, 0.15) is 22.8 Å². The molecule has 0 atom stereocenters. The maximum absolute atomic E-state index is 13.8. The molecule has 6 heteroatoms. The number of carbonyl (C=O) groups excluding carboxylic acids is 1. The SMILES string of the molecule is CCn1nnc2cc(C(=O)Nc3ccc(C)cc3F)ccc21. The molecule has 0 aliphatic heterocycles. The lowest BCUT2D eigenvalue weighted by atomic mass is 10.1. The minimum Gasteiger partial charge on any atom is -0.319 e. The topological polar surface area (TPSA) is 59.8 Å². The average molecular weight is 298 g/mol. The molecule has 1 heterocycles. The summed E-state index contributed by atoms with van der Waals surface area (Å²) >= 11 is 0. The van der Waals surface area contributed by atoms with Gasteiger partial charge in [-0.3, -0.25) is 4.79 Å². The van der Waals surface area contributed by atoms with Gasteiger partial charge in [0.25, 0.3) is 5.91 Å². The second-order valence-corrected chi connectivity index (χ2v) is 5.05. The zero-order valence-corrected chi connectivity index (χ0v) is 12.3. The molecule has 112 valence electrons. The van der Waals surface area contributed by atoms with E-state index >= 15 is 0 Å². The molecule has 0 saturated heterocycles. The second kappa shape index (κ2) is 5.55. The lowest BCUT2D eigenvalue weighted by molar-refractivity contribution is 0.102. The molecule has 1 aromatic heterocycles. The van der Waals surface area contributed by atoms with Crippen LogP contribution in [0.2, 0.25) is 0 Å². The standard InChI is InChI=1S/C16H15FN4O/c1-3-21-15-7-5-11(9-14(15)19-20-21)16(22)18-13-6-4-10(2)8-12(13)17/h4-9H,3H2,1-2H3,(H,18,22). The number of nitrogens with zero attached hydrogens (tertiary/aromatic N) is 3. The van der Waals surface area contributed by atoms with E-state index in [1.165, 1.54) is 6.07 Å². The third-order valence-electron chi connectivity index (χ3n) is 3.45. The maximum Gasteiger partial charge on any atom is 0.255 e. The zero-order chi connectivity index (χ0) is 15.7. The number of carbonyl (C=O) groups is 1. The van der Waals surface area contributed by atoms with E-state index in [-0.39, 0.29) is 11.6 Å². The number of aromatic nitrogens is 3. The molecule has 0 radical (unpaired) electrons. The number of halogens is 1. The van der Waals surface area contributed by atoms with Crippen molar-refractivity contribution in [3.63, 3.8) is 0 Å². The number of rotatable bonds is 3. The molecule has 5 nitrogen and oxygen atoms in total.